The van der Waals surface area contributed by atoms with Crippen LogP contribution in [0.25, 0.3) is 0 Å². The molecule has 92 valence electrons. The van der Waals surface area contributed by atoms with Crippen LogP contribution in [0, 0.1) is 12.3 Å². The van der Waals surface area contributed by atoms with Crippen LogP contribution in [0.15, 0.2) is 45.0 Å². The number of nitrogens with zero attached hydrogens (tertiary/aromatic N) is 2. The van der Waals surface area contributed by atoms with E-state index in [-0.39, 0.29) is 5.84 Å². The lowest BCUT2D eigenvalue weighted by molar-refractivity contribution is 1.04. The number of rotatable bonds is 3. The predicted octanol–water partition coefficient (Wildman–Crippen LogP) is 2.98. The van der Waals surface area contributed by atoms with Crippen LogP contribution < -0.4 is 5.73 Å². The number of halogens is 1. The lowest BCUT2D eigenvalue weighted by Crippen LogP contribution is -2.13. The van der Waals surface area contributed by atoms with Crippen LogP contribution in [0.2, 0.25) is 0 Å². The molecule has 0 saturated carbocycles. The molecule has 2 aromatic rings. The first-order valence-electron chi connectivity index (χ1n) is 5.17. The van der Waals surface area contributed by atoms with E-state index in [9.17, 15) is 0 Å². The molecule has 2 heterocycles. The molecule has 6 heteroatoms. The maximum Gasteiger partial charge on any atom is 0.125 e. The second-order valence-corrected chi connectivity index (χ2v) is 5.56. The van der Waals surface area contributed by atoms with Crippen molar-refractivity contribution in [1.29, 1.82) is 5.41 Å². The highest BCUT2D eigenvalue weighted by atomic mass is 79.9. The maximum absolute atomic E-state index is 7.54. The topological polar surface area (TPSA) is 75.7 Å². The van der Waals surface area contributed by atoms with E-state index >= 15 is 0 Å². The van der Waals surface area contributed by atoms with Crippen LogP contribution in [0.3, 0.4) is 0 Å². The van der Waals surface area contributed by atoms with Gasteiger partial charge in [-0.1, -0.05) is 0 Å². The van der Waals surface area contributed by atoms with Crippen molar-refractivity contribution < 1.29 is 0 Å². The fourth-order valence-corrected chi connectivity index (χ4v) is 2.49. The van der Waals surface area contributed by atoms with Crippen molar-refractivity contribution in [2.45, 2.75) is 17.0 Å². The second-order valence-electron chi connectivity index (χ2n) is 3.64. The molecule has 0 aliphatic rings. The van der Waals surface area contributed by atoms with Crippen LogP contribution in [0.4, 0.5) is 0 Å². The molecule has 0 fully saturated rings. The summed E-state index contributed by atoms with van der Waals surface area (Å²) in [5, 5.41) is 9.07. The van der Waals surface area contributed by atoms with Crippen LogP contribution in [-0.2, 0) is 0 Å². The van der Waals surface area contributed by atoms with Gasteiger partial charge < -0.3 is 5.73 Å². The molecule has 0 radical (unpaired) electrons. The largest absolute Gasteiger partial charge is 0.384 e. The van der Waals surface area contributed by atoms with E-state index in [0.717, 1.165) is 15.2 Å². The summed E-state index contributed by atoms with van der Waals surface area (Å²) in [6.45, 7) is 1.91. The third kappa shape index (κ3) is 3.08. The zero-order valence-electron chi connectivity index (χ0n) is 9.64. The van der Waals surface area contributed by atoms with Crippen molar-refractivity contribution in [3.05, 3.63) is 46.2 Å². The molecule has 18 heavy (non-hydrogen) atoms. The quantitative estimate of drug-likeness (QED) is 0.672. The lowest BCUT2D eigenvalue weighted by atomic mass is 10.2. The number of hydrogen-bond donors (Lipinski definition) is 2. The van der Waals surface area contributed by atoms with Crippen molar-refractivity contribution in [3.63, 3.8) is 0 Å². The van der Waals surface area contributed by atoms with Gasteiger partial charge in [0, 0.05) is 21.9 Å². The smallest absolute Gasteiger partial charge is 0.125 e. The average molecular weight is 323 g/mol. The molecule has 0 atom stereocenters. The Morgan fingerprint density at radius 1 is 1.33 bits per heavy atom. The average Bonchev–Trinajstić information content (AvgIpc) is 2.32. The third-order valence-corrected chi connectivity index (χ3v) is 3.62. The standard InChI is InChI=1S/C12H11BrN4S/c1-7-2-4-9(11(14)15)12(17-7)18-10-5-3-8(13)6-16-10/h2-6H,1H3,(H3,14,15). The van der Waals surface area contributed by atoms with Crippen molar-refractivity contribution in [2.75, 3.05) is 0 Å². The highest BCUT2D eigenvalue weighted by Gasteiger charge is 2.09. The second kappa shape index (κ2) is 5.49. The van der Waals surface area contributed by atoms with Gasteiger partial charge in [0.25, 0.3) is 0 Å². The van der Waals surface area contributed by atoms with Gasteiger partial charge in [0.05, 0.1) is 0 Å². The zero-order valence-corrected chi connectivity index (χ0v) is 12.0. The Labute approximate surface area is 118 Å². The van der Waals surface area contributed by atoms with Gasteiger partial charge in [0.2, 0.25) is 0 Å². The van der Waals surface area contributed by atoms with Crippen LogP contribution in [0.1, 0.15) is 11.3 Å². The minimum Gasteiger partial charge on any atom is -0.384 e. The minimum atomic E-state index is 0.0158. The molecule has 0 aliphatic carbocycles. The number of pyridine rings is 2. The summed E-state index contributed by atoms with van der Waals surface area (Å²) in [5.41, 5.74) is 7.07. The van der Waals surface area contributed by atoms with Crippen molar-refractivity contribution in [1.82, 2.24) is 9.97 Å². The maximum atomic E-state index is 7.54. The van der Waals surface area contributed by atoms with Gasteiger partial charge in [0.15, 0.2) is 0 Å². The van der Waals surface area contributed by atoms with Crippen LogP contribution >= 0.6 is 27.7 Å². The molecule has 0 amide bonds. The first-order chi connectivity index (χ1) is 8.56. The summed E-state index contributed by atoms with van der Waals surface area (Å²) in [6, 6.07) is 7.46. The summed E-state index contributed by atoms with van der Waals surface area (Å²) in [6.07, 6.45) is 1.73. The van der Waals surface area contributed by atoms with Gasteiger partial charge in [0.1, 0.15) is 15.9 Å². The fourth-order valence-electron chi connectivity index (χ4n) is 1.34. The third-order valence-electron chi connectivity index (χ3n) is 2.19. The molecule has 0 aromatic carbocycles. The van der Waals surface area contributed by atoms with Crippen molar-refractivity contribution >= 4 is 33.5 Å². The van der Waals surface area contributed by atoms with E-state index in [2.05, 4.69) is 25.9 Å². The molecule has 0 aliphatic heterocycles. The number of nitrogens with one attached hydrogen (secondary N) is 1. The molecule has 0 spiro atoms. The Morgan fingerprint density at radius 3 is 2.72 bits per heavy atom. The van der Waals surface area contributed by atoms with Crippen LogP contribution in [0.5, 0.6) is 0 Å². The van der Waals surface area contributed by atoms with Crippen molar-refractivity contribution in [2.24, 2.45) is 5.73 Å². The Kier molecular flexibility index (Phi) is 3.98. The molecular formula is C12H11BrN4S. The molecule has 0 unspecified atom stereocenters. The van der Waals surface area contributed by atoms with Gasteiger partial charge >= 0.3 is 0 Å². The summed E-state index contributed by atoms with van der Waals surface area (Å²) < 4.78 is 0.927. The van der Waals surface area contributed by atoms with E-state index < -0.39 is 0 Å². The fraction of sp³-hybridized carbons (Fsp3) is 0.0833. The number of amidine groups is 1. The Balaban J connectivity index is 2.35. The molecule has 2 rings (SSSR count). The number of aromatic nitrogens is 2. The lowest BCUT2D eigenvalue weighted by Gasteiger charge is -2.07. The van der Waals surface area contributed by atoms with Gasteiger partial charge in [-0.15, -0.1) is 0 Å². The van der Waals surface area contributed by atoms with Gasteiger partial charge in [-0.25, -0.2) is 9.97 Å². The number of nitrogen functional groups attached to an aromatic ring is 1. The summed E-state index contributed by atoms with van der Waals surface area (Å²) in [5.74, 6) is 0.0158. The molecular weight excluding hydrogens is 312 g/mol. The van der Waals surface area contributed by atoms with Gasteiger partial charge in [-0.05, 0) is 58.9 Å². The highest BCUT2D eigenvalue weighted by molar-refractivity contribution is 9.10. The number of aryl methyl sites for hydroxylation is 1. The summed E-state index contributed by atoms with van der Waals surface area (Å²) in [4.78, 5) is 8.67. The van der Waals surface area contributed by atoms with Gasteiger partial charge in [-0.2, -0.15) is 0 Å². The van der Waals surface area contributed by atoms with Gasteiger partial charge in [-0.3, -0.25) is 5.41 Å². The molecule has 3 N–H and O–H groups in total. The summed E-state index contributed by atoms with van der Waals surface area (Å²) in [7, 11) is 0. The molecule has 0 bridgehead atoms. The van der Waals surface area contributed by atoms with Crippen molar-refractivity contribution in [3.8, 4) is 0 Å². The van der Waals surface area contributed by atoms with E-state index in [1.165, 1.54) is 11.8 Å². The highest BCUT2D eigenvalue weighted by Crippen LogP contribution is 2.28. The number of hydrogen-bond acceptors (Lipinski definition) is 4. The van der Waals surface area contributed by atoms with Crippen LogP contribution in [-0.4, -0.2) is 15.8 Å². The Morgan fingerprint density at radius 2 is 2.11 bits per heavy atom. The van der Waals surface area contributed by atoms with E-state index in [1.54, 1.807) is 6.20 Å². The van der Waals surface area contributed by atoms with E-state index in [4.69, 9.17) is 11.1 Å². The first-order valence-corrected chi connectivity index (χ1v) is 6.78. The minimum absolute atomic E-state index is 0.0158. The SMILES string of the molecule is Cc1ccc(C(=N)N)c(Sc2ccc(Br)cn2)n1. The monoisotopic (exact) mass is 322 g/mol. The Hall–Kier alpha value is -1.40. The predicted molar refractivity (Wildman–Crippen MR) is 76.1 cm³/mol. The summed E-state index contributed by atoms with van der Waals surface area (Å²) >= 11 is 4.74. The zero-order chi connectivity index (χ0) is 13.1. The van der Waals surface area contributed by atoms with E-state index in [0.29, 0.717) is 10.6 Å². The molecule has 2 aromatic heterocycles. The Bertz CT molecular complexity index is 583. The molecule has 4 nitrogen and oxygen atoms in total. The first kappa shape index (κ1) is 13.0. The van der Waals surface area contributed by atoms with E-state index in [1.807, 2.05) is 31.2 Å². The number of nitrogens with two attached hydrogens (primary N) is 1. The normalized spacial score (nSPS) is 10.3. The molecule has 0 saturated heterocycles.